The van der Waals surface area contributed by atoms with Crippen molar-refractivity contribution in [3.05, 3.63) is 39.9 Å². The Hall–Kier alpha value is -2.45. The molecule has 0 radical (unpaired) electrons. The van der Waals surface area contributed by atoms with Crippen LogP contribution in [0.2, 0.25) is 5.15 Å². The predicted molar refractivity (Wildman–Crippen MR) is 89.4 cm³/mol. The summed E-state index contributed by atoms with van der Waals surface area (Å²) >= 11 is 7.37. The zero-order valence-corrected chi connectivity index (χ0v) is 13.6. The second-order valence-electron chi connectivity index (χ2n) is 4.82. The number of benzene rings is 1. The molecule has 9 heteroatoms. The Kier molecular flexibility index (Phi) is 4.26. The molecule has 0 aliphatic carbocycles. The molecule has 1 aliphatic rings. The van der Waals surface area contributed by atoms with Gasteiger partial charge in [0.2, 0.25) is 5.91 Å². The molecule has 2 aromatic rings. The van der Waals surface area contributed by atoms with Crippen molar-refractivity contribution < 1.29 is 9.59 Å². The lowest BCUT2D eigenvalue weighted by Gasteiger charge is -2.03. The summed E-state index contributed by atoms with van der Waals surface area (Å²) in [5.74, 6) is -0.385. The highest BCUT2D eigenvalue weighted by Crippen LogP contribution is 2.28. The van der Waals surface area contributed by atoms with Gasteiger partial charge < -0.3 is 5.32 Å². The number of thiazole rings is 1. The quantitative estimate of drug-likeness (QED) is 0.656. The van der Waals surface area contributed by atoms with E-state index in [1.165, 1.54) is 23.1 Å². The SMILES string of the molecule is Cc1ccc(Nc2nc(Cl)c(/C=N/N3CC(=O)NC3=O)s2)cc1. The van der Waals surface area contributed by atoms with Gasteiger partial charge in [0.15, 0.2) is 10.3 Å². The molecular weight excluding hydrogens is 338 g/mol. The number of nitrogens with one attached hydrogen (secondary N) is 2. The van der Waals surface area contributed by atoms with Crippen molar-refractivity contribution >= 4 is 51.9 Å². The molecule has 3 rings (SSSR count). The Bertz CT molecular complexity index is 787. The van der Waals surface area contributed by atoms with Gasteiger partial charge in [0.1, 0.15) is 6.54 Å². The lowest BCUT2D eigenvalue weighted by Crippen LogP contribution is -2.24. The molecule has 1 saturated heterocycles. The number of hydrazone groups is 1. The smallest absolute Gasteiger partial charge is 0.331 e. The number of amides is 3. The van der Waals surface area contributed by atoms with Gasteiger partial charge in [-0.25, -0.2) is 14.8 Å². The predicted octanol–water partition coefficient (Wildman–Crippen LogP) is 2.73. The second-order valence-corrected chi connectivity index (χ2v) is 6.21. The zero-order valence-electron chi connectivity index (χ0n) is 12.0. The van der Waals surface area contributed by atoms with Gasteiger partial charge in [0.25, 0.3) is 0 Å². The standard InChI is InChI=1S/C14H12ClN5O2S/c1-8-2-4-9(5-3-8)17-13-19-12(15)10(23-13)6-16-20-7-11(21)18-14(20)22/h2-6H,7H2,1H3,(H,17,19)(H,18,21,22)/b16-6+. The molecule has 1 aromatic heterocycles. The first-order valence-corrected chi connectivity index (χ1v) is 7.86. The number of aryl methyl sites for hydroxylation is 1. The summed E-state index contributed by atoms with van der Waals surface area (Å²) in [5, 5.41) is 11.2. The number of hydrogen-bond acceptors (Lipinski definition) is 6. The van der Waals surface area contributed by atoms with E-state index in [0.717, 1.165) is 10.7 Å². The minimum Gasteiger partial charge on any atom is -0.331 e. The summed E-state index contributed by atoms with van der Waals surface area (Å²) in [6, 6.07) is 7.31. The van der Waals surface area contributed by atoms with E-state index in [0.29, 0.717) is 10.0 Å². The van der Waals surface area contributed by atoms with E-state index in [4.69, 9.17) is 11.6 Å². The molecule has 1 aliphatic heterocycles. The van der Waals surface area contributed by atoms with E-state index < -0.39 is 6.03 Å². The van der Waals surface area contributed by atoms with Crippen LogP contribution in [0.15, 0.2) is 29.4 Å². The van der Waals surface area contributed by atoms with E-state index in [1.54, 1.807) is 0 Å². The summed E-state index contributed by atoms with van der Waals surface area (Å²) < 4.78 is 0. The molecule has 1 aromatic carbocycles. The molecule has 0 spiro atoms. The Morgan fingerprint density at radius 1 is 1.39 bits per heavy atom. The van der Waals surface area contributed by atoms with Crippen LogP contribution in [0.25, 0.3) is 0 Å². The molecule has 7 nitrogen and oxygen atoms in total. The lowest BCUT2D eigenvalue weighted by molar-refractivity contribution is -0.118. The molecule has 1 fully saturated rings. The van der Waals surface area contributed by atoms with Gasteiger partial charge in [0, 0.05) is 5.69 Å². The maximum Gasteiger partial charge on any atom is 0.344 e. The number of aromatic nitrogens is 1. The monoisotopic (exact) mass is 349 g/mol. The number of rotatable bonds is 4. The molecular formula is C14H12ClN5O2S. The maximum atomic E-state index is 11.4. The minimum absolute atomic E-state index is 0.0970. The van der Waals surface area contributed by atoms with Crippen LogP contribution in [-0.4, -0.2) is 34.7 Å². The maximum absolute atomic E-state index is 11.4. The van der Waals surface area contributed by atoms with Crippen LogP contribution in [0.4, 0.5) is 15.6 Å². The van der Waals surface area contributed by atoms with Crippen molar-refractivity contribution in [3.63, 3.8) is 0 Å². The van der Waals surface area contributed by atoms with Gasteiger partial charge in [-0.1, -0.05) is 40.6 Å². The Morgan fingerprint density at radius 2 is 2.13 bits per heavy atom. The third-order valence-electron chi connectivity index (χ3n) is 3.00. The van der Waals surface area contributed by atoms with Crippen molar-refractivity contribution in [1.29, 1.82) is 0 Å². The number of halogens is 1. The highest BCUT2D eigenvalue weighted by Gasteiger charge is 2.26. The topological polar surface area (TPSA) is 86.7 Å². The number of nitrogens with zero attached hydrogens (tertiary/aromatic N) is 3. The second kappa shape index (κ2) is 6.35. The Labute approximate surface area is 141 Å². The van der Waals surface area contributed by atoms with Crippen molar-refractivity contribution in [2.75, 3.05) is 11.9 Å². The first-order valence-electron chi connectivity index (χ1n) is 6.66. The number of anilines is 2. The highest BCUT2D eigenvalue weighted by molar-refractivity contribution is 7.17. The van der Waals surface area contributed by atoms with E-state index in [9.17, 15) is 9.59 Å². The summed E-state index contributed by atoms with van der Waals surface area (Å²) in [6.07, 6.45) is 1.42. The van der Waals surface area contributed by atoms with Crippen LogP contribution in [0.3, 0.4) is 0 Å². The van der Waals surface area contributed by atoms with Crippen LogP contribution in [0, 0.1) is 6.92 Å². The van der Waals surface area contributed by atoms with E-state index in [2.05, 4.69) is 20.7 Å². The van der Waals surface area contributed by atoms with Crippen LogP contribution in [0.5, 0.6) is 0 Å². The van der Waals surface area contributed by atoms with Crippen LogP contribution >= 0.6 is 22.9 Å². The normalized spacial score (nSPS) is 14.6. The third-order valence-corrected chi connectivity index (χ3v) is 4.31. The van der Waals surface area contributed by atoms with Crippen LogP contribution in [0.1, 0.15) is 10.4 Å². The van der Waals surface area contributed by atoms with Crippen molar-refractivity contribution in [3.8, 4) is 0 Å². The van der Waals surface area contributed by atoms with Gasteiger partial charge in [-0.3, -0.25) is 10.1 Å². The number of carbonyl (C=O) groups is 2. The average Bonchev–Trinajstić information content (AvgIpc) is 3.01. The van der Waals surface area contributed by atoms with Crippen molar-refractivity contribution in [1.82, 2.24) is 15.3 Å². The Balaban J connectivity index is 1.72. The molecule has 0 unspecified atom stereocenters. The number of carbonyl (C=O) groups excluding carboxylic acids is 2. The van der Waals surface area contributed by atoms with E-state index in [1.807, 2.05) is 31.2 Å². The van der Waals surface area contributed by atoms with Gasteiger partial charge in [-0.05, 0) is 19.1 Å². The minimum atomic E-state index is -0.551. The van der Waals surface area contributed by atoms with Crippen molar-refractivity contribution in [2.24, 2.45) is 5.10 Å². The van der Waals surface area contributed by atoms with E-state index >= 15 is 0 Å². The fraction of sp³-hybridized carbons (Fsp3) is 0.143. The Morgan fingerprint density at radius 3 is 2.78 bits per heavy atom. The lowest BCUT2D eigenvalue weighted by atomic mass is 10.2. The van der Waals surface area contributed by atoms with Gasteiger partial charge in [-0.15, -0.1) is 0 Å². The average molecular weight is 350 g/mol. The summed E-state index contributed by atoms with van der Waals surface area (Å²) in [5.41, 5.74) is 2.06. The largest absolute Gasteiger partial charge is 0.344 e. The summed E-state index contributed by atoms with van der Waals surface area (Å²) in [6.45, 7) is 1.91. The summed E-state index contributed by atoms with van der Waals surface area (Å²) in [4.78, 5) is 27.3. The van der Waals surface area contributed by atoms with Crippen molar-refractivity contribution in [2.45, 2.75) is 6.92 Å². The summed E-state index contributed by atoms with van der Waals surface area (Å²) in [7, 11) is 0. The molecule has 0 saturated carbocycles. The fourth-order valence-corrected chi connectivity index (χ4v) is 2.90. The molecule has 118 valence electrons. The number of urea groups is 1. The molecule has 23 heavy (non-hydrogen) atoms. The number of imide groups is 1. The molecule has 0 bridgehead atoms. The highest BCUT2D eigenvalue weighted by atomic mass is 35.5. The van der Waals surface area contributed by atoms with Crippen LogP contribution < -0.4 is 10.6 Å². The molecule has 0 atom stereocenters. The molecule has 2 N–H and O–H groups in total. The first-order chi connectivity index (χ1) is 11.0. The molecule has 2 heterocycles. The van der Waals surface area contributed by atoms with Gasteiger partial charge in [0.05, 0.1) is 11.1 Å². The third kappa shape index (κ3) is 3.66. The first kappa shape index (κ1) is 15.4. The van der Waals surface area contributed by atoms with Crippen LogP contribution in [-0.2, 0) is 4.79 Å². The fourth-order valence-electron chi connectivity index (χ4n) is 1.85. The van der Waals surface area contributed by atoms with Gasteiger partial charge >= 0.3 is 6.03 Å². The molecule has 3 amide bonds. The number of hydrogen-bond donors (Lipinski definition) is 2. The van der Waals surface area contributed by atoms with E-state index in [-0.39, 0.29) is 17.6 Å². The zero-order chi connectivity index (χ0) is 16.4. The van der Waals surface area contributed by atoms with Gasteiger partial charge in [-0.2, -0.15) is 5.10 Å².